The maximum atomic E-state index is 9.95. The fourth-order valence-corrected chi connectivity index (χ4v) is 2.22. The second-order valence-electron chi connectivity index (χ2n) is 5.44. The van der Waals surface area contributed by atoms with Gasteiger partial charge in [-0.25, -0.2) is 0 Å². The van der Waals surface area contributed by atoms with Crippen LogP contribution in [-0.2, 0) is 0 Å². The van der Waals surface area contributed by atoms with Crippen LogP contribution in [0, 0.1) is 0 Å². The van der Waals surface area contributed by atoms with Gasteiger partial charge in [0.2, 0.25) is 0 Å². The van der Waals surface area contributed by atoms with Crippen molar-refractivity contribution in [3.05, 3.63) is 47.5 Å². The van der Waals surface area contributed by atoms with Crippen LogP contribution in [-0.4, -0.2) is 61.2 Å². The summed E-state index contributed by atoms with van der Waals surface area (Å²) in [7, 11) is 2.94. The number of hydrogen-bond acceptors (Lipinski definition) is 7. The lowest BCUT2D eigenvalue weighted by atomic mass is 10.2. The van der Waals surface area contributed by atoms with Crippen LogP contribution in [0.2, 0.25) is 0 Å². The Morgan fingerprint density at radius 1 is 0.846 bits per heavy atom. The first-order valence-electron chi connectivity index (χ1n) is 7.96. The topological polar surface area (TPSA) is 104 Å². The number of para-hydroxylation sites is 2. The third-order valence-electron chi connectivity index (χ3n) is 3.59. The molecule has 26 heavy (non-hydrogen) atoms. The highest BCUT2D eigenvalue weighted by Crippen LogP contribution is 2.28. The summed E-state index contributed by atoms with van der Waals surface area (Å²) in [6.45, 7) is 0.246. The van der Waals surface area contributed by atoms with Gasteiger partial charge in [-0.15, -0.1) is 0 Å². The lowest BCUT2D eigenvalue weighted by molar-refractivity contribution is 0.193. The molecule has 2 rings (SSSR count). The molecule has 0 unspecified atom stereocenters. The third-order valence-corrected chi connectivity index (χ3v) is 3.59. The zero-order valence-electron chi connectivity index (χ0n) is 14.7. The lowest BCUT2D eigenvalue weighted by Crippen LogP contribution is -2.15. The molecule has 0 aliphatic heterocycles. The van der Waals surface area contributed by atoms with Crippen molar-refractivity contribution in [2.24, 2.45) is 9.98 Å². The van der Waals surface area contributed by atoms with Crippen LogP contribution in [0.4, 0.5) is 0 Å². The second-order valence-corrected chi connectivity index (χ2v) is 5.44. The lowest BCUT2D eigenvalue weighted by Gasteiger charge is -2.07. The Morgan fingerprint density at radius 3 is 1.65 bits per heavy atom. The molecule has 0 aromatic heterocycles. The number of nitrogens with zero attached hydrogens (tertiary/aromatic N) is 2. The minimum atomic E-state index is -0.789. The average Bonchev–Trinajstić information content (AvgIpc) is 2.64. The summed E-state index contributed by atoms with van der Waals surface area (Å²) in [5, 5.41) is 29.9. The first-order chi connectivity index (χ1) is 12.6. The van der Waals surface area contributed by atoms with Crippen molar-refractivity contribution < 1.29 is 24.8 Å². The van der Waals surface area contributed by atoms with Gasteiger partial charge in [-0.2, -0.15) is 0 Å². The fraction of sp³-hybridized carbons (Fsp3) is 0.263. The highest BCUT2D eigenvalue weighted by atomic mass is 16.5. The molecule has 7 heteroatoms. The Hall–Kier alpha value is -3.06. The van der Waals surface area contributed by atoms with Gasteiger partial charge in [-0.3, -0.25) is 9.98 Å². The molecule has 2 aromatic carbocycles. The summed E-state index contributed by atoms with van der Waals surface area (Å²) in [6.07, 6.45) is 2.15. The number of ether oxygens (including phenoxy) is 2. The van der Waals surface area contributed by atoms with Gasteiger partial charge in [0.05, 0.1) is 33.4 Å². The summed E-state index contributed by atoms with van der Waals surface area (Å²) in [5.74, 6) is 0.717. The molecule has 0 saturated heterocycles. The molecule has 0 spiro atoms. The minimum absolute atomic E-state index is 0.000222. The number of aliphatic hydroxyl groups excluding tert-OH is 1. The Balaban J connectivity index is 1.90. The Bertz CT molecular complexity index is 724. The smallest absolute Gasteiger partial charge is 0.166 e. The van der Waals surface area contributed by atoms with E-state index in [0.717, 1.165) is 0 Å². The Kier molecular flexibility index (Phi) is 6.99. The van der Waals surface area contributed by atoms with E-state index in [1.807, 2.05) is 0 Å². The molecule has 0 aliphatic carbocycles. The first-order valence-corrected chi connectivity index (χ1v) is 7.96. The van der Waals surface area contributed by atoms with E-state index in [-0.39, 0.29) is 24.6 Å². The van der Waals surface area contributed by atoms with Gasteiger partial charge >= 0.3 is 0 Å². The number of aliphatic hydroxyl groups is 1. The molecule has 0 radical (unpaired) electrons. The fourth-order valence-electron chi connectivity index (χ4n) is 2.22. The Morgan fingerprint density at radius 2 is 1.27 bits per heavy atom. The molecule has 0 atom stereocenters. The summed E-state index contributed by atoms with van der Waals surface area (Å²) in [4.78, 5) is 8.23. The van der Waals surface area contributed by atoms with E-state index in [9.17, 15) is 15.3 Å². The van der Waals surface area contributed by atoms with Gasteiger partial charge in [0, 0.05) is 23.6 Å². The molecule has 0 fully saturated rings. The number of rotatable bonds is 8. The van der Waals surface area contributed by atoms with Gasteiger partial charge in [-0.1, -0.05) is 12.1 Å². The maximum absolute atomic E-state index is 9.95. The summed E-state index contributed by atoms with van der Waals surface area (Å²) in [6, 6.07) is 10.1. The molecular formula is C19H22N2O5. The number of aromatic hydroxyl groups is 2. The van der Waals surface area contributed by atoms with Crippen molar-refractivity contribution in [2.75, 3.05) is 27.3 Å². The van der Waals surface area contributed by atoms with E-state index in [0.29, 0.717) is 22.6 Å². The largest absolute Gasteiger partial charge is 0.504 e. The zero-order valence-corrected chi connectivity index (χ0v) is 14.7. The maximum Gasteiger partial charge on any atom is 0.166 e. The zero-order chi connectivity index (χ0) is 18.9. The van der Waals surface area contributed by atoms with Gasteiger partial charge in [0.25, 0.3) is 0 Å². The molecule has 3 N–H and O–H groups in total. The molecular weight excluding hydrogens is 336 g/mol. The van der Waals surface area contributed by atoms with E-state index in [4.69, 9.17) is 9.47 Å². The number of aliphatic imine (C=N–C) groups is 2. The second kappa shape index (κ2) is 9.43. The van der Waals surface area contributed by atoms with E-state index in [1.54, 1.807) is 36.4 Å². The predicted molar refractivity (Wildman–Crippen MR) is 100 cm³/mol. The van der Waals surface area contributed by atoms with Crippen LogP contribution >= 0.6 is 0 Å². The van der Waals surface area contributed by atoms with Crippen LogP contribution in [0.25, 0.3) is 0 Å². The number of phenols is 2. The average molecular weight is 358 g/mol. The van der Waals surface area contributed by atoms with Gasteiger partial charge in [-0.05, 0) is 24.3 Å². The van der Waals surface area contributed by atoms with Crippen LogP contribution in [0.3, 0.4) is 0 Å². The van der Waals surface area contributed by atoms with Gasteiger partial charge < -0.3 is 24.8 Å². The van der Waals surface area contributed by atoms with Gasteiger partial charge in [0.15, 0.2) is 23.0 Å². The van der Waals surface area contributed by atoms with Crippen molar-refractivity contribution in [3.63, 3.8) is 0 Å². The van der Waals surface area contributed by atoms with Gasteiger partial charge in [0.1, 0.15) is 0 Å². The molecule has 138 valence electrons. The molecule has 0 heterocycles. The highest BCUT2D eigenvalue weighted by molar-refractivity contribution is 5.85. The van der Waals surface area contributed by atoms with Crippen molar-refractivity contribution >= 4 is 12.4 Å². The summed E-state index contributed by atoms with van der Waals surface area (Å²) < 4.78 is 10.0. The molecule has 0 aliphatic rings. The van der Waals surface area contributed by atoms with E-state index >= 15 is 0 Å². The van der Waals surface area contributed by atoms with E-state index < -0.39 is 6.10 Å². The molecule has 0 bridgehead atoms. The Labute approximate surface area is 151 Å². The highest BCUT2D eigenvalue weighted by Gasteiger charge is 2.07. The standard InChI is InChI=1S/C19H22N2O5/c1-25-16-7-3-5-13(18(16)23)9-20-11-15(22)12-21-10-14-6-4-8-17(26-2)19(14)24/h3-10,15,22-24H,11-12H2,1-2H3. The van der Waals surface area contributed by atoms with E-state index in [1.165, 1.54) is 26.6 Å². The number of methoxy groups -OCH3 is 2. The van der Waals surface area contributed by atoms with E-state index in [2.05, 4.69) is 9.98 Å². The third kappa shape index (κ3) is 4.97. The van der Waals surface area contributed by atoms with Crippen LogP contribution in [0.1, 0.15) is 11.1 Å². The molecule has 2 aromatic rings. The molecule has 0 saturated carbocycles. The van der Waals surface area contributed by atoms with Crippen molar-refractivity contribution in [2.45, 2.75) is 6.10 Å². The number of benzene rings is 2. The quantitative estimate of drug-likeness (QED) is 0.626. The monoisotopic (exact) mass is 358 g/mol. The molecule has 7 nitrogen and oxygen atoms in total. The first kappa shape index (κ1) is 19.3. The van der Waals surface area contributed by atoms with Crippen molar-refractivity contribution in [1.82, 2.24) is 0 Å². The van der Waals surface area contributed by atoms with Crippen molar-refractivity contribution in [1.29, 1.82) is 0 Å². The number of hydrogen-bond donors (Lipinski definition) is 3. The predicted octanol–water partition coefficient (Wildman–Crippen LogP) is 2.01. The summed E-state index contributed by atoms with van der Waals surface area (Å²) in [5.41, 5.74) is 1.00. The van der Waals surface area contributed by atoms with Crippen molar-refractivity contribution in [3.8, 4) is 23.0 Å². The molecule has 0 amide bonds. The summed E-state index contributed by atoms with van der Waals surface area (Å²) >= 11 is 0. The number of phenolic OH excluding ortho intramolecular Hbond substituents is 2. The SMILES string of the molecule is COc1cccc(C=NCC(O)CN=Cc2cccc(OC)c2O)c1O. The minimum Gasteiger partial charge on any atom is -0.504 e. The van der Waals surface area contributed by atoms with Crippen LogP contribution in [0.15, 0.2) is 46.4 Å². The van der Waals surface area contributed by atoms with Crippen LogP contribution in [0.5, 0.6) is 23.0 Å². The normalized spacial score (nSPS) is 12.6. The van der Waals surface area contributed by atoms with Crippen LogP contribution < -0.4 is 9.47 Å².